The molecule has 6 heteroatoms. The maximum absolute atomic E-state index is 13.0. The molecule has 1 fully saturated rings. The third-order valence-electron chi connectivity index (χ3n) is 4.31. The Morgan fingerprint density at radius 1 is 1.35 bits per heavy atom. The van der Waals surface area contributed by atoms with Crippen molar-refractivity contribution in [2.45, 2.75) is 24.1 Å². The van der Waals surface area contributed by atoms with Crippen molar-refractivity contribution < 1.29 is 9.13 Å². The van der Waals surface area contributed by atoms with E-state index in [1.807, 2.05) is 18.8 Å². The van der Waals surface area contributed by atoms with E-state index in [4.69, 9.17) is 4.74 Å². The fourth-order valence-corrected chi connectivity index (χ4v) is 3.55. The number of halogens is 1. The highest BCUT2D eigenvalue weighted by Crippen LogP contribution is 2.33. The molecule has 0 saturated carbocycles. The summed E-state index contributed by atoms with van der Waals surface area (Å²) in [6.45, 7) is 3.21. The summed E-state index contributed by atoms with van der Waals surface area (Å²) < 4.78 is 18.7. The predicted molar refractivity (Wildman–Crippen MR) is 95.5 cm³/mol. The number of nitrogens with one attached hydrogen (secondary N) is 1. The van der Waals surface area contributed by atoms with Gasteiger partial charge in [-0.05, 0) is 36.8 Å². The van der Waals surface area contributed by atoms with Crippen molar-refractivity contribution in [3.8, 4) is 0 Å². The van der Waals surface area contributed by atoms with Crippen molar-refractivity contribution in [3.63, 3.8) is 0 Å². The number of aliphatic imine (C=N–C) groups is 1. The summed E-state index contributed by atoms with van der Waals surface area (Å²) in [6, 6.07) is 6.59. The molecule has 1 aromatic rings. The molecular weight excluding hydrogens is 313 g/mol. The predicted octanol–water partition coefficient (Wildman–Crippen LogP) is 2.75. The van der Waals surface area contributed by atoms with Crippen LogP contribution in [0.1, 0.15) is 18.4 Å². The Bertz CT molecular complexity index is 515. The molecule has 0 amide bonds. The lowest BCUT2D eigenvalue weighted by Gasteiger charge is -2.37. The lowest BCUT2D eigenvalue weighted by molar-refractivity contribution is 0.0781. The van der Waals surface area contributed by atoms with E-state index in [2.05, 4.69) is 21.5 Å². The largest absolute Gasteiger partial charge is 0.381 e. The number of benzene rings is 1. The number of thioether (sulfide) groups is 1. The molecule has 0 spiro atoms. The molecule has 23 heavy (non-hydrogen) atoms. The summed E-state index contributed by atoms with van der Waals surface area (Å²) in [4.78, 5) is 6.42. The Balaban J connectivity index is 1.92. The Kier molecular flexibility index (Phi) is 6.72. The van der Waals surface area contributed by atoms with E-state index >= 15 is 0 Å². The van der Waals surface area contributed by atoms with Crippen LogP contribution in [-0.4, -0.2) is 55.7 Å². The summed E-state index contributed by atoms with van der Waals surface area (Å²) in [5.41, 5.74) is 1.06. The molecule has 0 atom stereocenters. The van der Waals surface area contributed by atoms with E-state index in [9.17, 15) is 4.39 Å². The quantitative estimate of drug-likeness (QED) is 0.661. The van der Waals surface area contributed by atoms with Crippen LogP contribution in [0.15, 0.2) is 29.3 Å². The summed E-state index contributed by atoms with van der Waals surface area (Å²) in [5.74, 6) is 0.648. The average molecular weight is 339 g/mol. The SMILES string of the molecule is CN=C(NCC1(SC)CCOCC1)N(C)Cc1ccc(F)cc1. The van der Waals surface area contributed by atoms with E-state index in [0.29, 0.717) is 6.54 Å². The summed E-state index contributed by atoms with van der Waals surface area (Å²) in [5, 5.41) is 3.49. The molecule has 0 unspecified atom stereocenters. The molecule has 0 bridgehead atoms. The molecule has 1 heterocycles. The van der Waals surface area contributed by atoms with Crippen LogP contribution in [0.2, 0.25) is 0 Å². The van der Waals surface area contributed by atoms with Gasteiger partial charge in [-0.3, -0.25) is 4.99 Å². The van der Waals surface area contributed by atoms with Crippen molar-refractivity contribution >= 4 is 17.7 Å². The zero-order chi connectivity index (χ0) is 16.7. The fraction of sp³-hybridized carbons (Fsp3) is 0.588. The zero-order valence-electron chi connectivity index (χ0n) is 14.1. The van der Waals surface area contributed by atoms with Gasteiger partial charge in [0.05, 0.1) is 0 Å². The molecule has 0 aliphatic carbocycles. The van der Waals surface area contributed by atoms with Crippen molar-refractivity contribution in [2.75, 3.05) is 40.1 Å². The maximum Gasteiger partial charge on any atom is 0.193 e. The molecule has 1 N–H and O–H groups in total. The van der Waals surface area contributed by atoms with Gasteiger partial charge in [0.2, 0.25) is 0 Å². The van der Waals surface area contributed by atoms with Crippen LogP contribution >= 0.6 is 11.8 Å². The standard InChI is InChI=1S/C17H26FN3OS/c1-19-16(20-13-17(23-3)8-10-22-11-9-17)21(2)12-14-4-6-15(18)7-5-14/h4-7H,8-13H2,1-3H3,(H,19,20). The first-order valence-corrected chi connectivity index (χ1v) is 9.10. The molecule has 1 aliphatic heterocycles. The Hall–Kier alpha value is -1.27. The van der Waals surface area contributed by atoms with Gasteiger partial charge in [0.1, 0.15) is 5.82 Å². The fourth-order valence-electron chi connectivity index (χ4n) is 2.76. The van der Waals surface area contributed by atoms with Gasteiger partial charge in [0.25, 0.3) is 0 Å². The third kappa shape index (κ3) is 5.11. The lowest BCUT2D eigenvalue weighted by atomic mass is 9.99. The first-order chi connectivity index (χ1) is 11.1. The molecule has 0 aromatic heterocycles. The first-order valence-electron chi connectivity index (χ1n) is 7.88. The Morgan fingerprint density at radius 3 is 2.57 bits per heavy atom. The van der Waals surface area contributed by atoms with Gasteiger partial charge in [0.15, 0.2) is 5.96 Å². The lowest BCUT2D eigenvalue weighted by Crippen LogP contribution is -2.48. The third-order valence-corrected chi connectivity index (χ3v) is 5.73. The zero-order valence-corrected chi connectivity index (χ0v) is 15.0. The van der Waals surface area contributed by atoms with Crippen LogP contribution < -0.4 is 5.32 Å². The summed E-state index contributed by atoms with van der Waals surface area (Å²) in [6.07, 6.45) is 4.28. The van der Waals surface area contributed by atoms with Crippen LogP contribution in [0.5, 0.6) is 0 Å². The van der Waals surface area contributed by atoms with Crippen LogP contribution in [0.3, 0.4) is 0 Å². The van der Waals surface area contributed by atoms with Gasteiger partial charge in [-0.1, -0.05) is 12.1 Å². The highest BCUT2D eigenvalue weighted by Gasteiger charge is 2.32. The van der Waals surface area contributed by atoms with Gasteiger partial charge in [-0.15, -0.1) is 0 Å². The molecule has 1 saturated heterocycles. The molecular formula is C17H26FN3OS. The minimum Gasteiger partial charge on any atom is -0.381 e. The second kappa shape index (κ2) is 8.55. The number of ether oxygens (including phenoxy) is 1. The van der Waals surface area contributed by atoms with Crippen molar-refractivity contribution in [2.24, 2.45) is 4.99 Å². The van der Waals surface area contributed by atoms with Gasteiger partial charge in [-0.25, -0.2) is 4.39 Å². The minimum atomic E-state index is -0.208. The monoisotopic (exact) mass is 339 g/mol. The van der Waals surface area contributed by atoms with Gasteiger partial charge >= 0.3 is 0 Å². The molecule has 4 nitrogen and oxygen atoms in total. The minimum absolute atomic E-state index is 0.208. The maximum atomic E-state index is 13.0. The van der Waals surface area contributed by atoms with E-state index in [1.165, 1.54) is 12.1 Å². The first kappa shape index (κ1) is 18.1. The number of hydrogen-bond donors (Lipinski definition) is 1. The van der Waals surface area contributed by atoms with Crippen molar-refractivity contribution in [3.05, 3.63) is 35.6 Å². The van der Waals surface area contributed by atoms with Crippen LogP contribution in [0.4, 0.5) is 4.39 Å². The molecule has 1 aromatic carbocycles. The van der Waals surface area contributed by atoms with Crippen LogP contribution in [-0.2, 0) is 11.3 Å². The molecule has 1 aliphatic rings. The van der Waals surface area contributed by atoms with E-state index in [1.54, 1.807) is 19.2 Å². The van der Waals surface area contributed by atoms with Gasteiger partial charge in [0, 0.05) is 45.1 Å². The van der Waals surface area contributed by atoms with E-state index in [0.717, 1.165) is 44.1 Å². The van der Waals surface area contributed by atoms with Crippen molar-refractivity contribution in [1.82, 2.24) is 10.2 Å². The topological polar surface area (TPSA) is 36.9 Å². The molecule has 128 valence electrons. The number of nitrogens with zero attached hydrogens (tertiary/aromatic N) is 2. The average Bonchev–Trinajstić information content (AvgIpc) is 2.58. The van der Waals surface area contributed by atoms with Crippen molar-refractivity contribution in [1.29, 1.82) is 0 Å². The molecule has 0 radical (unpaired) electrons. The van der Waals surface area contributed by atoms with E-state index in [-0.39, 0.29) is 10.6 Å². The Morgan fingerprint density at radius 2 is 2.00 bits per heavy atom. The van der Waals surface area contributed by atoms with E-state index < -0.39 is 0 Å². The van der Waals surface area contributed by atoms with Crippen LogP contribution in [0, 0.1) is 5.82 Å². The highest BCUT2D eigenvalue weighted by atomic mass is 32.2. The summed E-state index contributed by atoms with van der Waals surface area (Å²) in [7, 11) is 3.79. The molecule has 2 rings (SSSR count). The number of hydrogen-bond acceptors (Lipinski definition) is 3. The second-order valence-corrected chi connectivity index (χ2v) is 7.16. The highest BCUT2D eigenvalue weighted by molar-refractivity contribution is 8.00. The van der Waals surface area contributed by atoms with Gasteiger partial charge < -0.3 is 15.0 Å². The van der Waals surface area contributed by atoms with Gasteiger partial charge in [-0.2, -0.15) is 11.8 Å². The number of rotatable bonds is 5. The van der Waals surface area contributed by atoms with Crippen LogP contribution in [0.25, 0.3) is 0 Å². The second-order valence-electron chi connectivity index (χ2n) is 5.88. The summed E-state index contributed by atoms with van der Waals surface area (Å²) >= 11 is 1.91. The smallest absolute Gasteiger partial charge is 0.193 e. The Labute approximate surface area is 142 Å². The number of guanidine groups is 1. The normalized spacial score (nSPS) is 17.8.